The fraction of sp³-hybridized carbons (Fsp3) is 0.462. The topological polar surface area (TPSA) is 92.5 Å². The van der Waals surface area contributed by atoms with Crippen LogP contribution in [0, 0.1) is 17.6 Å². The SMILES string of the molecule is NS(=O)(=O)NC1CN(C(=O)[C@@H]2C[C@H]2c2ccc(F)cc2F)C1. The molecule has 1 saturated carbocycles. The van der Waals surface area contributed by atoms with Gasteiger partial charge in [-0.25, -0.2) is 13.9 Å². The van der Waals surface area contributed by atoms with Crippen molar-refractivity contribution in [2.75, 3.05) is 13.1 Å². The third-order valence-corrected chi connectivity index (χ3v) is 4.66. The summed E-state index contributed by atoms with van der Waals surface area (Å²) in [6.07, 6.45) is 0.519. The molecule has 1 aromatic carbocycles. The van der Waals surface area contributed by atoms with Crippen molar-refractivity contribution in [3.8, 4) is 0 Å². The molecule has 0 unspecified atom stereocenters. The highest BCUT2D eigenvalue weighted by Gasteiger charge is 2.49. The summed E-state index contributed by atoms with van der Waals surface area (Å²) < 4.78 is 50.5. The Morgan fingerprint density at radius 1 is 1.32 bits per heavy atom. The van der Waals surface area contributed by atoms with Crippen LogP contribution in [0.4, 0.5) is 8.78 Å². The molecule has 1 aromatic rings. The first-order valence-electron chi connectivity index (χ1n) is 6.78. The predicted molar refractivity (Wildman–Crippen MR) is 73.8 cm³/mol. The third kappa shape index (κ3) is 3.11. The Bertz CT molecular complexity index is 719. The van der Waals surface area contributed by atoms with E-state index in [1.807, 2.05) is 0 Å². The van der Waals surface area contributed by atoms with Crippen molar-refractivity contribution < 1.29 is 22.0 Å². The largest absolute Gasteiger partial charge is 0.339 e. The number of hydrogen-bond donors (Lipinski definition) is 2. The average Bonchev–Trinajstić information content (AvgIpc) is 3.11. The van der Waals surface area contributed by atoms with Crippen LogP contribution in [0.15, 0.2) is 18.2 Å². The van der Waals surface area contributed by atoms with Crippen molar-refractivity contribution >= 4 is 16.1 Å². The molecule has 2 atom stereocenters. The summed E-state index contributed by atoms with van der Waals surface area (Å²) in [6.45, 7) is 0.509. The van der Waals surface area contributed by atoms with Gasteiger partial charge in [0.05, 0.1) is 6.04 Å². The number of benzene rings is 1. The molecule has 1 aliphatic carbocycles. The lowest BCUT2D eigenvalue weighted by Gasteiger charge is -2.39. The van der Waals surface area contributed by atoms with Gasteiger partial charge in [-0.15, -0.1) is 0 Å². The van der Waals surface area contributed by atoms with Gasteiger partial charge in [-0.3, -0.25) is 4.79 Å². The molecule has 2 fully saturated rings. The Morgan fingerprint density at radius 3 is 2.59 bits per heavy atom. The number of halogens is 2. The van der Waals surface area contributed by atoms with Crippen LogP contribution < -0.4 is 9.86 Å². The quantitative estimate of drug-likeness (QED) is 0.818. The van der Waals surface area contributed by atoms with Gasteiger partial charge in [0.2, 0.25) is 5.91 Å². The second-order valence-electron chi connectivity index (χ2n) is 5.72. The minimum atomic E-state index is -3.77. The fourth-order valence-corrected chi connectivity index (χ4v) is 3.43. The number of nitrogens with one attached hydrogen (secondary N) is 1. The second-order valence-corrected chi connectivity index (χ2v) is 7.04. The van der Waals surface area contributed by atoms with Crippen LogP contribution in [0.2, 0.25) is 0 Å². The van der Waals surface area contributed by atoms with Gasteiger partial charge in [-0.1, -0.05) is 6.07 Å². The standard InChI is InChI=1S/C13H15F2N3O3S/c14-7-1-2-9(12(15)3-7)10-4-11(10)13(19)18-5-8(6-18)17-22(16,20)21/h1-3,8,10-11,17H,4-6H2,(H2,16,20,21)/t10-,11+/m0/s1. The number of nitrogens with zero attached hydrogens (tertiary/aromatic N) is 1. The Labute approximate surface area is 126 Å². The summed E-state index contributed by atoms with van der Waals surface area (Å²) >= 11 is 0. The predicted octanol–water partition coefficient (Wildman–Crippen LogP) is 0.0722. The van der Waals surface area contributed by atoms with Crippen LogP contribution >= 0.6 is 0 Å². The molecule has 0 aromatic heterocycles. The van der Waals surface area contributed by atoms with Gasteiger partial charge in [-0.05, 0) is 24.0 Å². The van der Waals surface area contributed by atoms with Gasteiger partial charge in [0.1, 0.15) is 11.6 Å². The maximum atomic E-state index is 13.7. The summed E-state index contributed by atoms with van der Waals surface area (Å²) in [6, 6.07) is 2.97. The summed E-state index contributed by atoms with van der Waals surface area (Å²) in [7, 11) is -3.77. The molecule has 2 aliphatic rings. The Balaban J connectivity index is 1.56. The third-order valence-electron chi connectivity index (χ3n) is 3.99. The van der Waals surface area contributed by atoms with Crippen molar-refractivity contribution in [2.45, 2.75) is 18.4 Å². The van der Waals surface area contributed by atoms with Crippen LogP contribution in [-0.4, -0.2) is 38.4 Å². The van der Waals surface area contributed by atoms with Crippen molar-refractivity contribution in [1.29, 1.82) is 0 Å². The molecule has 6 nitrogen and oxygen atoms in total. The lowest BCUT2D eigenvalue weighted by Crippen LogP contribution is -2.62. The van der Waals surface area contributed by atoms with E-state index in [2.05, 4.69) is 4.72 Å². The van der Waals surface area contributed by atoms with Crippen LogP contribution in [0.1, 0.15) is 17.9 Å². The molecular formula is C13H15F2N3O3S. The monoisotopic (exact) mass is 331 g/mol. The summed E-state index contributed by atoms with van der Waals surface area (Å²) in [4.78, 5) is 13.7. The second kappa shape index (κ2) is 5.25. The maximum Gasteiger partial charge on any atom is 0.274 e. The molecule has 1 amide bonds. The van der Waals surface area contributed by atoms with E-state index < -0.39 is 21.8 Å². The molecular weight excluding hydrogens is 316 g/mol. The van der Waals surface area contributed by atoms with Gasteiger partial charge in [0.25, 0.3) is 10.2 Å². The van der Waals surface area contributed by atoms with Crippen LogP contribution in [0.25, 0.3) is 0 Å². The normalized spacial score (nSPS) is 25.0. The number of amides is 1. The highest BCUT2D eigenvalue weighted by molar-refractivity contribution is 7.87. The minimum Gasteiger partial charge on any atom is -0.339 e. The van der Waals surface area contributed by atoms with Gasteiger partial charge in [0, 0.05) is 25.1 Å². The first kappa shape index (κ1) is 15.3. The summed E-state index contributed by atoms with van der Waals surface area (Å²) in [5, 5.41) is 4.85. The van der Waals surface area contributed by atoms with E-state index in [1.165, 1.54) is 17.0 Å². The Kier molecular flexibility index (Phi) is 3.66. The highest BCUT2D eigenvalue weighted by atomic mass is 32.2. The fourth-order valence-electron chi connectivity index (χ4n) is 2.81. The van der Waals surface area contributed by atoms with E-state index in [1.54, 1.807) is 0 Å². The van der Waals surface area contributed by atoms with E-state index >= 15 is 0 Å². The van der Waals surface area contributed by atoms with Crippen molar-refractivity contribution in [3.63, 3.8) is 0 Å². The van der Waals surface area contributed by atoms with Gasteiger partial charge in [0.15, 0.2) is 0 Å². The van der Waals surface area contributed by atoms with E-state index in [0.29, 0.717) is 12.0 Å². The molecule has 0 radical (unpaired) electrons. The molecule has 3 N–H and O–H groups in total. The zero-order valence-corrected chi connectivity index (χ0v) is 12.3. The molecule has 1 heterocycles. The average molecular weight is 331 g/mol. The number of rotatable bonds is 4. The molecule has 0 bridgehead atoms. The molecule has 0 spiro atoms. The molecule has 1 saturated heterocycles. The van der Waals surface area contributed by atoms with E-state index in [4.69, 9.17) is 5.14 Å². The van der Waals surface area contributed by atoms with Crippen molar-refractivity contribution in [2.24, 2.45) is 11.1 Å². The zero-order chi connectivity index (χ0) is 16.1. The number of carbonyl (C=O) groups is 1. The van der Waals surface area contributed by atoms with E-state index in [0.717, 1.165) is 6.07 Å². The van der Waals surface area contributed by atoms with E-state index in [9.17, 15) is 22.0 Å². The van der Waals surface area contributed by atoms with Gasteiger partial charge >= 0.3 is 0 Å². The molecule has 1 aliphatic heterocycles. The van der Waals surface area contributed by atoms with E-state index in [-0.39, 0.29) is 36.9 Å². The van der Waals surface area contributed by atoms with Crippen LogP contribution in [-0.2, 0) is 15.0 Å². The lowest BCUT2D eigenvalue weighted by atomic mass is 10.1. The minimum absolute atomic E-state index is 0.138. The first-order chi connectivity index (χ1) is 10.2. The van der Waals surface area contributed by atoms with Crippen LogP contribution in [0.5, 0.6) is 0 Å². The summed E-state index contributed by atoms with van der Waals surface area (Å²) in [5.74, 6) is -1.99. The maximum absolute atomic E-state index is 13.7. The zero-order valence-electron chi connectivity index (χ0n) is 11.5. The number of hydrogen-bond acceptors (Lipinski definition) is 3. The molecule has 120 valence electrons. The first-order valence-corrected chi connectivity index (χ1v) is 8.33. The molecule has 22 heavy (non-hydrogen) atoms. The number of carbonyl (C=O) groups excluding carboxylic acids is 1. The smallest absolute Gasteiger partial charge is 0.274 e. The van der Waals surface area contributed by atoms with Crippen LogP contribution in [0.3, 0.4) is 0 Å². The van der Waals surface area contributed by atoms with Crippen molar-refractivity contribution in [1.82, 2.24) is 9.62 Å². The number of nitrogens with two attached hydrogens (primary N) is 1. The number of likely N-dealkylation sites (tertiary alicyclic amines) is 1. The molecule has 9 heteroatoms. The molecule has 3 rings (SSSR count). The lowest BCUT2D eigenvalue weighted by molar-refractivity contribution is -0.137. The van der Waals surface area contributed by atoms with Gasteiger partial charge in [-0.2, -0.15) is 13.1 Å². The summed E-state index contributed by atoms with van der Waals surface area (Å²) in [5.41, 5.74) is 0.347. The Morgan fingerprint density at radius 2 is 2.00 bits per heavy atom. The van der Waals surface area contributed by atoms with Gasteiger partial charge < -0.3 is 4.90 Å². The highest BCUT2D eigenvalue weighted by Crippen LogP contribution is 2.49. The van der Waals surface area contributed by atoms with Crippen molar-refractivity contribution in [3.05, 3.63) is 35.4 Å². The Hall–Kier alpha value is -1.58.